The number of ether oxygens (including phenoxy) is 1. The van der Waals surface area contributed by atoms with Crippen molar-refractivity contribution in [2.75, 3.05) is 12.0 Å². The number of rotatable bonds is 4. The van der Waals surface area contributed by atoms with Crippen LogP contribution in [0.4, 0.5) is 5.69 Å². The van der Waals surface area contributed by atoms with E-state index in [0.717, 1.165) is 11.1 Å². The summed E-state index contributed by atoms with van der Waals surface area (Å²) in [7, 11) is 1.49. The van der Waals surface area contributed by atoms with E-state index in [0.29, 0.717) is 22.8 Å². The molecule has 0 saturated carbocycles. The summed E-state index contributed by atoms with van der Waals surface area (Å²) < 4.78 is 10.7. The van der Waals surface area contributed by atoms with Crippen LogP contribution in [0.15, 0.2) is 64.8 Å². The van der Waals surface area contributed by atoms with Crippen LogP contribution in [0, 0.1) is 13.8 Å². The molecule has 0 aliphatic carbocycles. The normalized spacial score (nSPS) is 17.9. The van der Waals surface area contributed by atoms with Gasteiger partial charge in [0, 0.05) is 11.3 Å². The molecule has 0 bridgehead atoms. The van der Waals surface area contributed by atoms with Crippen LogP contribution in [-0.4, -0.2) is 23.9 Å². The van der Waals surface area contributed by atoms with E-state index in [9.17, 15) is 14.7 Å². The van der Waals surface area contributed by atoms with Crippen molar-refractivity contribution < 1.29 is 23.8 Å². The van der Waals surface area contributed by atoms with Crippen molar-refractivity contribution in [3.05, 3.63) is 87.8 Å². The molecule has 158 valence electrons. The number of anilines is 1. The van der Waals surface area contributed by atoms with Gasteiger partial charge in [0.25, 0.3) is 11.7 Å². The number of furan rings is 1. The minimum atomic E-state index is -0.945. The average molecular weight is 438 g/mol. The maximum absolute atomic E-state index is 13.1. The first kappa shape index (κ1) is 20.8. The predicted molar refractivity (Wildman–Crippen MR) is 117 cm³/mol. The first-order valence-corrected chi connectivity index (χ1v) is 9.97. The van der Waals surface area contributed by atoms with Gasteiger partial charge in [0.05, 0.1) is 24.0 Å². The summed E-state index contributed by atoms with van der Waals surface area (Å²) >= 11 is 6.26. The van der Waals surface area contributed by atoms with E-state index in [2.05, 4.69) is 0 Å². The van der Waals surface area contributed by atoms with E-state index < -0.39 is 17.7 Å². The second kappa shape index (κ2) is 7.96. The van der Waals surface area contributed by atoms with Crippen LogP contribution in [0.5, 0.6) is 5.75 Å². The zero-order valence-electron chi connectivity index (χ0n) is 17.2. The molecule has 1 N–H and O–H groups in total. The van der Waals surface area contributed by atoms with Gasteiger partial charge in [-0.2, -0.15) is 0 Å². The van der Waals surface area contributed by atoms with Crippen molar-refractivity contribution in [2.24, 2.45) is 0 Å². The second-order valence-electron chi connectivity index (χ2n) is 7.32. The van der Waals surface area contributed by atoms with Crippen molar-refractivity contribution in [3.63, 3.8) is 0 Å². The molecule has 1 amide bonds. The number of methoxy groups -OCH3 is 1. The monoisotopic (exact) mass is 437 g/mol. The van der Waals surface area contributed by atoms with Crippen LogP contribution in [0.2, 0.25) is 5.02 Å². The zero-order chi connectivity index (χ0) is 22.3. The molecule has 2 aromatic carbocycles. The van der Waals surface area contributed by atoms with E-state index in [1.165, 1.54) is 18.3 Å². The Balaban J connectivity index is 1.94. The topological polar surface area (TPSA) is 80.0 Å². The summed E-state index contributed by atoms with van der Waals surface area (Å²) in [6.07, 6.45) is 1.45. The minimum Gasteiger partial charge on any atom is -0.507 e. The van der Waals surface area contributed by atoms with Gasteiger partial charge in [0.2, 0.25) is 0 Å². The number of aliphatic hydroxyl groups excluding tert-OH is 1. The Morgan fingerprint density at radius 2 is 1.90 bits per heavy atom. The Kier molecular flexibility index (Phi) is 5.33. The first-order chi connectivity index (χ1) is 14.8. The molecule has 0 radical (unpaired) electrons. The molecular formula is C24H20ClNO5. The van der Waals surface area contributed by atoms with Gasteiger partial charge in [-0.3, -0.25) is 14.5 Å². The fourth-order valence-corrected chi connectivity index (χ4v) is 4.01. The van der Waals surface area contributed by atoms with Gasteiger partial charge in [0.1, 0.15) is 23.3 Å². The number of halogens is 1. The minimum absolute atomic E-state index is 0.0411. The van der Waals surface area contributed by atoms with Crippen molar-refractivity contribution in [2.45, 2.75) is 19.9 Å². The molecule has 1 aliphatic rings. The summed E-state index contributed by atoms with van der Waals surface area (Å²) in [5.41, 5.74) is 2.52. The van der Waals surface area contributed by atoms with Gasteiger partial charge in [-0.05, 0) is 55.8 Å². The van der Waals surface area contributed by atoms with E-state index in [4.69, 9.17) is 20.8 Å². The zero-order valence-corrected chi connectivity index (χ0v) is 17.9. The standard InChI is InChI=1S/C24H20ClNO5/c1-13-6-7-14(2)16(11-13)22(27)20-21(19-5-4-10-31-19)26(24(29)23(20)28)15-8-9-18(30-3)17(25)12-15/h4-12,21,27H,1-3H3/b22-20-. The lowest BCUT2D eigenvalue weighted by Gasteiger charge is -2.24. The highest BCUT2D eigenvalue weighted by Crippen LogP contribution is 2.44. The number of ketones is 1. The lowest BCUT2D eigenvalue weighted by Crippen LogP contribution is -2.29. The van der Waals surface area contributed by atoms with Crippen molar-refractivity contribution >= 4 is 34.7 Å². The predicted octanol–water partition coefficient (Wildman–Crippen LogP) is 5.18. The van der Waals surface area contributed by atoms with Crippen LogP contribution in [0.3, 0.4) is 0 Å². The van der Waals surface area contributed by atoms with E-state index >= 15 is 0 Å². The molecule has 7 heteroatoms. The highest BCUT2D eigenvalue weighted by Gasteiger charge is 2.48. The van der Waals surface area contributed by atoms with Crippen molar-refractivity contribution in [1.82, 2.24) is 0 Å². The van der Waals surface area contributed by atoms with E-state index in [-0.39, 0.29) is 16.4 Å². The van der Waals surface area contributed by atoms with Gasteiger partial charge in [0.15, 0.2) is 0 Å². The molecule has 1 fully saturated rings. The number of aryl methyl sites for hydroxylation is 2. The van der Waals surface area contributed by atoms with Crippen LogP contribution in [0.25, 0.3) is 5.76 Å². The largest absolute Gasteiger partial charge is 0.507 e. The fraction of sp³-hybridized carbons (Fsp3) is 0.167. The Morgan fingerprint density at radius 3 is 2.55 bits per heavy atom. The van der Waals surface area contributed by atoms with Crippen LogP contribution < -0.4 is 9.64 Å². The number of Topliss-reactive ketones (excluding diaryl/α,β-unsaturated/α-hetero) is 1. The average Bonchev–Trinajstić information content (AvgIpc) is 3.36. The van der Waals surface area contributed by atoms with Crippen molar-refractivity contribution in [3.8, 4) is 5.75 Å². The smallest absolute Gasteiger partial charge is 0.300 e. The van der Waals surface area contributed by atoms with Crippen molar-refractivity contribution in [1.29, 1.82) is 0 Å². The number of amides is 1. The number of carbonyl (C=O) groups excluding carboxylic acids is 2. The molecule has 1 unspecified atom stereocenters. The molecule has 1 aromatic heterocycles. The Labute approximate surface area is 184 Å². The van der Waals surface area contributed by atoms with Gasteiger partial charge in [-0.1, -0.05) is 29.3 Å². The summed E-state index contributed by atoms with van der Waals surface area (Å²) in [6, 6.07) is 12.7. The van der Waals surface area contributed by atoms with E-state index in [1.54, 1.807) is 36.4 Å². The maximum atomic E-state index is 13.1. The molecule has 1 saturated heterocycles. The van der Waals surface area contributed by atoms with Gasteiger partial charge >= 0.3 is 0 Å². The summed E-state index contributed by atoms with van der Waals surface area (Å²) in [5, 5.41) is 11.5. The lowest BCUT2D eigenvalue weighted by molar-refractivity contribution is -0.132. The molecule has 4 rings (SSSR count). The molecule has 1 aliphatic heterocycles. The number of nitrogens with zero attached hydrogens (tertiary/aromatic N) is 1. The molecule has 1 atom stereocenters. The van der Waals surface area contributed by atoms with Gasteiger partial charge in [-0.15, -0.1) is 0 Å². The summed E-state index contributed by atoms with van der Waals surface area (Å²) in [6.45, 7) is 3.72. The summed E-state index contributed by atoms with van der Waals surface area (Å²) in [4.78, 5) is 27.5. The van der Waals surface area contributed by atoms with Crippen LogP contribution in [0.1, 0.15) is 28.5 Å². The Morgan fingerprint density at radius 1 is 1.13 bits per heavy atom. The first-order valence-electron chi connectivity index (χ1n) is 9.59. The third kappa shape index (κ3) is 3.49. The number of benzene rings is 2. The van der Waals surface area contributed by atoms with E-state index in [1.807, 2.05) is 26.0 Å². The number of hydrogen-bond donors (Lipinski definition) is 1. The number of aliphatic hydroxyl groups is 1. The Hall–Kier alpha value is -3.51. The summed E-state index contributed by atoms with van der Waals surface area (Å²) in [5.74, 6) is -1.05. The third-order valence-corrected chi connectivity index (χ3v) is 5.61. The molecular weight excluding hydrogens is 418 g/mol. The third-order valence-electron chi connectivity index (χ3n) is 5.32. The maximum Gasteiger partial charge on any atom is 0.300 e. The highest BCUT2D eigenvalue weighted by atomic mass is 35.5. The van der Waals surface area contributed by atoms with Gasteiger partial charge < -0.3 is 14.3 Å². The molecule has 6 nitrogen and oxygen atoms in total. The highest BCUT2D eigenvalue weighted by molar-refractivity contribution is 6.51. The SMILES string of the molecule is COc1ccc(N2C(=O)C(=O)/C(=C(\O)c3cc(C)ccc3C)C2c2ccco2)cc1Cl. The second-order valence-corrected chi connectivity index (χ2v) is 7.73. The molecule has 3 aromatic rings. The van der Waals surface area contributed by atoms with Crippen LogP contribution >= 0.6 is 11.6 Å². The quantitative estimate of drug-likeness (QED) is 0.345. The fourth-order valence-electron chi connectivity index (χ4n) is 3.76. The lowest BCUT2D eigenvalue weighted by atomic mass is 9.96. The molecule has 2 heterocycles. The Bertz CT molecular complexity index is 1210. The molecule has 0 spiro atoms. The molecule has 31 heavy (non-hydrogen) atoms. The van der Waals surface area contributed by atoms with Gasteiger partial charge in [-0.25, -0.2) is 0 Å². The number of hydrogen-bond acceptors (Lipinski definition) is 5. The van der Waals surface area contributed by atoms with Crippen LogP contribution in [-0.2, 0) is 9.59 Å². The number of carbonyl (C=O) groups is 2.